The van der Waals surface area contributed by atoms with Crippen LogP contribution in [0.25, 0.3) is 0 Å². The molecule has 2 nitrogen and oxygen atoms in total. The van der Waals surface area contributed by atoms with Crippen molar-refractivity contribution in [3.05, 3.63) is 28.2 Å². The van der Waals surface area contributed by atoms with E-state index in [9.17, 15) is 0 Å². The molecule has 0 aromatic heterocycles. The smallest absolute Gasteiger partial charge is 0.133 e. The average Bonchev–Trinajstić information content (AvgIpc) is 3.01. The van der Waals surface area contributed by atoms with Crippen molar-refractivity contribution >= 4 is 15.9 Å². The van der Waals surface area contributed by atoms with E-state index in [1.165, 1.54) is 18.4 Å². The fourth-order valence-electron chi connectivity index (χ4n) is 1.76. The first-order chi connectivity index (χ1) is 7.20. The summed E-state index contributed by atoms with van der Waals surface area (Å²) in [5.74, 6) is 1.72. The Morgan fingerprint density at radius 3 is 2.80 bits per heavy atom. The van der Waals surface area contributed by atoms with Gasteiger partial charge < -0.3 is 10.5 Å². The Morgan fingerprint density at radius 2 is 2.27 bits per heavy atom. The van der Waals surface area contributed by atoms with Gasteiger partial charge in [0.15, 0.2) is 0 Å². The molecule has 0 spiro atoms. The van der Waals surface area contributed by atoms with Crippen molar-refractivity contribution in [2.75, 3.05) is 7.11 Å². The number of hydrogen-bond donors (Lipinski definition) is 1. The van der Waals surface area contributed by atoms with Crippen LogP contribution in [0.5, 0.6) is 5.75 Å². The van der Waals surface area contributed by atoms with Crippen molar-refractivity contribution in [2.24, 2.45) is 11.7 Å². The van der Waals surface area contributed by atoms with Gasteiger partial charge in [-0.05, 0) is 46.0 Å². The lowest BCUT2D eigenvalue weighted by Crippen LogP contribution is -2.10. The molecule has 0 radical (unpaired) electrons. The van der Waals surface area contributed by atoms with Gasteiger partial charge in [0.25, 0.3) is 0 Å². The van der Waals surface area contributed by atoms with Crippen LogP contribution < -0.4 is 10.5 Å². The Labute approximate surface area is 98.9 Å². The third kappa shape index (κ3) is 2.73. The van der Waals surface area contributed by atoms with Crippen LogP contribution in [-0.4, -0.2) is 7.11 Å². The highest BCUT2D eigenvalue weighted by atomic mass is 79.9. The van der Waals surface area contributed by atoms with Gasteiger partial charge in [-0.2, -0.15) is 0 Å². The summed E-state index contributed by atoms with van der Waals surface area (Å²) in [5.41, 5.74) is 7.32. The van der Waals surface area contributed by atoms with Gasteiger partial charge in [-0.3, -0.25) is 0 Å². The molecule has 82 valence electrons. The summed E-state index contributed by atoms with van der Waals surface area (Å²) < 4.78 is 6.17. The Balaban J connectivity index is 2.09. The van der Waals surface area contributed by atoms with Gasteiger partial charge in [-0.1, -0.05) is 18.9 Å². The standard InChI is InChI=1S/C12H16BrNO/c1-15-12-5-4-9(7-10(12)13)11(14)6-8-2-3-8/h4-5,7-8,11H,2-3,6,14H2,1H3/t11-/m0/s1. The minimum absolute atomic E-state index is 0.166. The monoisotopic (exact) mass is 269 g/mol. The van der Waals surface area contributed by atoms with Crippen molar-refractivity contribution in [1.82, 2.24) is 0 Å². The van der Waals surface area contributed by atoms with Gasteiger partial charge in [0.2, 0.25) is 0 Å². The van der Waals surface area contributed by atoms with E-state index in [2.05, 4.69) is 28.1 Å². The predicted octanol–water partition coefficient (Wildman–Crippen LogP) is 3.26. The number of rotatable bonds is 4. The zero-order valence-electron chi connectivity index (χ0n) is 8.87. The van der Waals surface area contributed by atoms with Gasteiger partial charge in [-0.15, -0.1) is 0 Å². The molecule has 1 aliphatic carbocycles. The maximum Gasteiger partial charge on any atom is 0.133 e. The lowest BCUT2D eigenvalue weighted by Gasteiger charge is -2.13. The Morgan fingerprint density at radius 1 is 1.53 bits per heavy atom. The topological polar surface area (TPSA) is 35.2 Å². The summed E-state index contributed by atoms with van der Waals surface area (Å²) >= 11 is 3.48. The van der Waals surface area contributed by atoms with E-state index >= 15 is 0 Å². The lowest BCUT2D eigenvalue weighted by molar-refractivity contribution is 0.411. The third-order valence-corrected chi connectivity index (χ3v) is 3.51. The zero-order chi connectivity index (χ0) is 10.8. The van der Waals surface area contributed by atoms with Crippen LogP contribution in [0.4, 0.5) is 0 Å². The van der Waals surface area contributed by atoms with Crippen molar-refractivity contribution in [3.8, 4) is 5.75 Å². The van der Waals surface area contributed by atoms with Crippen molar-refractivity contribution < 1.29 is 4.74 Å². The molecule has 1 aliphatic rings. The van der Waals surface area contributed by atoms with Crippen LogP contribution in [0.3, 0.4) is 0 Å². The van der Waals surface area contributed by atoms with Gasteiger partial charge >= 0.3 is 0 Å². The number of halogens is 1. The highest BCUT2D eigenvalue weighted by Gasteiger charge is 2.24. The van der Waals surface area contributed by atoms with Crippen LogP contribution in [0.1, 0.15) is 30.9 Å². The summed E-state index contributed by atoms with van der Waals surface area (Å²) in [7, 11) is 1.67. The predicted molar refractivity (Wildman–Crippen MR) is 65.0 cm³/mol. The molecule has 1 aromatic rings. The minimum atomic E-state index is 0.166. The second-order valence-corrected chi connectivity index (χ2v) is 5.03. The summed E-state index contributed by atoms with van der Waals surface area (Å²) in [4.78, 5) is 0. The fraction of sp³-hybridized carbons (Fsp3) is 0.500. The number of nitrogens with two attached hydrogens (primary N) is 1. The highest BCUT2D eigenvalue weighted by molar-refractivity contribution is 9.10. The largest absolute Gasteiger partial charge is 0.496 e. The van der Waals surface area contributed by atoms with Crippen LogP contribution in [0.2, 0.25) is 0 Å². The number of benzene rings is 1. The van der Waals surface area contributed by atoms with Gasteiger partial charge in [0.1, 0.15) is 5.75 Å². The van der Waals surface area contributed by atoms with Crippen LogP contribution in [-0.2, 0) is 0 Å². The maximum absolute atomic E-state index is 6.13. The van der Waals surface area contributed by atoms with Gasteiger partial charge in [0.05, 0.1) is 11.6 Å². The number of ether oxygens (including phenoxy) is 1. The van der Waals surface area contributed by atoms with E-state index in [1.54, 1.807) is 7.11 Å². The van der Waals surface area contributed by atoms with Crippen molar-refractivity contribution in [3.63, 3.8) is 0 Å². The maximum atomic E-state index is 6.13. The third-order valence-electron chi connectivity index (χ3n) is 2.89. The molecular weight excluding hydrogens is 254 g/mol. The van der Waals surface area contributed by atoms with E-state index in [0.29, 0.717) is 0 Å². The summed E-state index contributed by atoms with van der Waals surface area (Å²) in [5, 5.41) is 0. The molecule has 2 rings (SSSR count). The van der Waals surface area contributed by atoms with E-state index in [1.807, 2.05) is 6.07 Å². The molecule has 0 unspecified atom stereocenters. The minimum Gasteiger partial charge on any atom is -0.496 e. The van der Waals surface area contributed by atoms with Crippen molar-refractivity contribution in [2.45, 2.75) is 25.3 Å². The van der Waals surface area contributed by atoms with E-state index < -0.39 is 0 Å². The first-order valence-corrected chi connectivity index (χ1v) is 6.09. The molecule has 15 heavy (non-hydrogen) atoms. The molecular formula is C12H16BrNO. The van der Waals surface area contributed by atoms with E-state index in [-0.39, 0.29) is 6.04 Å². The SMILES string of the molecule is COc1ccc([C@@H](N)CC2CC2)cc1Br. The normalized spacial score (nSPS) is 17.5. The molecule has 0 heterocycles. The van der Waals surface area contributed by atoms with Crippen LogP contribution >= 0.6 is 15.9 Å². The Hall–Kier alpha value is -0.540. The molecule has 1 fully saturated rings. The summed E-state index contributed by atoms with van der Waals surface area (Å²) in [6.45, 7) is 0. The Bertz CT molecular complexity index is 349. The van der Waals surface area contributed by atoms with E-state index in [4.69, 9.17) is 10.5 Å². The van der Waals surface area contributed by atoms with Crippen LogP contribution in [0, 0.1) is 5.92 Å². The molecule has 0 aliphatic heterocycles. The van der Waals surface area contributed by atoms with Gasteiger partial charge in [0, 0.05) is 6.04 Å². The molecule has 0 amide bonds. The second kappa shape index (κ2) is 4.54. The molecule has 0 bridgehead atoms. The first-order valence-electron chi connectivity index (χ1n) is 5.29. The van der Waals surface area contributed by atoms with Crippen LogP contribution in [0.15, 0.2) is 22.7 Å². The lowest BCUT2D eigenvalue weighted by atomic mass is 10.0. The first kappa shape index (κ1) is 11.0. The van der Waals surface area contributed by atoms with Gasteiger partial charge in [-0.25, -0.2) is 0 Å². The number of hydrogen-bond acceptors (Lipinski definition) is 2. The molecule has 1 aromatic carbocycles. The molecule has 1 atom stereocenters. The van der Waals surface area contributed by atoms with E-state index in [0.717, 1.165) is 22.6 Å². The quantitative estimate of drug-likeness (QED) is 0.911. The molecule has 0 saturated heterocycles. The average molecular weight is 270 g/mol. The highest BCUT2D eigenvalue weighted by Crippen LogP contribution is 2.37. The summed E-state index contributed by atoms with van der Waals surface area (Å²) in [6.07, 6.45) is 3.81. The molecule has 1 saturated carbocycles. The zero-order valence-corrected chi connectivity index (χ0v) is 10.5. The Kier molecular flexibility index (Phi) is 3.32. The fourth-order valence-corrected chi connectivity index (χ4v) is 2.32. The number of methoxy groups -OCH3 is 1. The second-order valence-electron chi connectivity index (χ2n) is 4.18. The summed E-state index contributed by atoms with van der Waals surface area (Å²) in [6, 6.07) is 6.24. The molecule has 3 heteroatoms. The molecule has 2 N–H and O–H groups in total. The van der Waals surface area contributed by atoms with Crippen molar-refractivity contribution in [1.29, 1.82) is 0 Å².